The summed E-state index contributed by atoms with van der Waals surface area (Å²) in [4.78, 5) is 11.8. The zero-order valence-corrected chi connectivity index (χ0v) is 15.7. The van der Waals surface area contributed by atoms with Crippen molar-refractivity contribution in [2.24, 2.45) is 0 Å². The van der Waals surface area contributed by atoms with Crippen LogP contribution in [0, 0.1) is 0 Å². The zero-order chi connectivity index (χ0) is 18.6. The topological polar surface area (TPSA) is 47.5 Å². The van der Waals surface area contributed by atoms with Crippen LogP contribution in [0.4, 0.5) is 0 Å². The zero-order valence-electron chi connectivity index (χ0n) is 15.7. The molecule has 0 bridgehead atoms. The van der Waals surface area contributed by atoms with E-state index in [9.17, 15) is 0 Å². The summed E-state index contributed by atoms with van der Waals surface area (Å²) in [6.07, 6.45) is 2.89. The number of ether oxygens (including phenoxy) is 2. The van der Waals surface area contributed by atoms with Gasteiger partial charge in [0, 0.05) is 48.9 Å². The Morgan fingerprint density at radius 1 is 1.00 bits per heavy atom. The molecule has 0 atom stereocenters. The minimum absolute atomic E-state index is 0.767. The van der Waals surface area contributed by atoms with Gasteiger partial charge in [-0.3, -0.25) is 4.90 Å². The number of fused-ring (bicyclic) bond motifs is 1. The van der Waals surface area contributed by atoms with Crippen LogP contribution in [0.3, 0.4) is 0 Å². The molecule has 5 nitrogen and oxygen atoms in total. The van der Waals surface area contributed by atoms with E-state index in [0.29, 0.717) is 0 Å². The van der Waals surface area contributed by atoms with Gasteiger partial charge in [0.15, 0.2) is 17.3 Å². The van der Waals surface area contributed by atoms with Crippen molar-refractivity contribution in [3.05, 3.63) is 71.5 Å². The molecule has 0 saturated heterocycles. The minimum atomic E-state index is 0.767. The maximum Gasteiger partial charge on any atom is 0.165 e. The Morgan fingerprint density at radius 2 is 1.85 bits per heavy atom. The third-order valence-electron chi connectivity index (χ3n) is 4.92. The van der Waals surface area contributed by atoms with Gasteiger partial charge in [0.05, 0.1) is 19.9 Å². The Balaban J connectivity index is 1.53. The SMILES string of the molecule is COc1cccc(CN2CCc3nc(-c4ccccc4)ncc3C2)c1OC. The van der Waals surface area contributed by atoms with Crippen molar-refractivity contribution in [1.82, 2.24) is 14.9 Å². The fourth-order valence-corrected chi connectivity index (χ4v) is 3.55. The molecule has 0 aliphatic carbocycles. The van der Waals surface area contributed by atoms with Crippen LogP contribution in [-0.4, -0.2) is 35.6 Å². The van der Waals surface area contributed by atoms with Crippen LogP contribution in [-0.2, 0) is 19.5 Å². The Bertz CT molecular complexity index is 928. The van der Waals surface area contributed by atoms with Gasteiger partial charge in [-0.05, 0) is 6.07 Å². The number of hydrogen-bond acceptors (Lipinski definition) is 5. The highest BCUT2D eigenvalue weighted by atomic mass is 16.5. The van der Waals surface area contributed by atoms with Crippen molar-refractivity contribution in [2.75, 3.05) is 20.8 Å². The number of hydrogen-bond donors (Lipinski definition) is 0. The lowest BCUT2D eigenvalue weighted by Gasteiger charge is -2.28. The molecule has 0 spiro atoms. The molecule has 0 N–H and O–H groups in total. The molecule has 2 aromatic carbocycles. The number of benzene rings is 2. The molecule has 27 heavy (non-hydrogen) atoms. The van der Waals surface area contributed by atoms with Gasteiger partial charge in [-0.2, -0.15) is 0 Å². The van der Waals surface area contributed by atoms with E-state index in [1.807, 2.05) is 48.7 Å². The summed E-state index contributed by atoms with van der Waals surface area (Å²) in [5, 5.41) is 0. The van der Waals surface area contributed by atoms with Crippen LogP contribution in [0.25, 0.3) is 11.4 Å². The van der Waals surface area contributed by atoms with Gasteiger partial charge in [-0.1, -0.05) is 42.5 Å². The fraction of sp³-hybridized carbons (Fsp3) is 0.273. The largest absolute Gasteiger partial charge is 0.493 e. The average Bonchev–Trinajstić information content (AvgIpc) is 2.73. The van der Waals surface area contributed by atoms with Crippen LogP contribution in [0.15, 0.2) is 54.7 Å². The molecule has 0 radical (unpaired) electrons. The number of methoxy groups -OCH3 is 2. The molecule has 0 amide bonds. The van der Waals surface area contributed by atoms with Crippen LogP contribution in [0.2, 0.25) is 0 Å². The highest BCUT2D eigenvalue weighted by Gasteiger charge is 2.20. The minimum Gasteiger partial charge on any atom is -0.493 e. The van der Waals surface area contributed by atoms with E-state index in [4.69, 9.17) is 14.5 Å². The molecule has 138 valence electrons. The first-order chi connectivity index (χ1) is 13.3. The summed E-state index contributed by atoms with van der Waals surface area (Å²) < 4.78 is 11.0. The second-order valence-corrected chi connectivity index (χ2v) is 6.64. The third-order valence-corrected chi connectivity index (χ3v) is 4.92. The molecule has 1 aromatic heterocycles. The maximum absolute atomic E-state index is 5.57. The first-order valence-corrected chi connectivity index (χ1v) is 9.11. The van der Waals surface area contributed by atoms with Crippen LogP contribution in [0.5, 0.6) is 11.5 Å². The molecule has 5 heteroatoms. The first kappa shape index (κ1) is 17.5. The summed E-state index contributed by atoms with van der Waals surface area (Å²) in [5.41, 5.74) is 4.53. The molecule has 4 rings (SSSR count). The lowest BCUT2D eigenvalue weighted by Crippen LogP contribution is -2.31. The molecule has 3 aromatic rings. The maximum atomic E-state index is 5.57. The highest BCUT2D eigenvalue weighted by Crippen LogP contribution is 2.32. The van der Waals surface area contributed by atoms with Crippen molar-refractivity contribution in [2.45, 2.75) is 19.5 Å². The van der Waals surface area contributed by atoms with Gasteiger partial charge < -0.3 is 9.47 Å². The second kappa shape index (κ2) is 7.76. The Labute approximate surface area is 159 Å². The van der Waals surface area contributed by atoms with Gasteiger partial charge in [-0.15, -0.1) is 0 Å². The molecule has 0 fully saturated rings. The summed E-state index contributed by atoms with van der Waals surface area (Å²) in [5.74, 6) is 2.38. The number of rotatable bonds is 5. The van der Waals surface area contributed by atoms with E-state index in [-0.39, 0.29) is 0 Å². The van der Waals surface area contributed by atoms with E-state index in [0.717, 1.165) is 60.2 Å². The van der Waals surface area contributed by atoms with Crippen molar-refractivity contribution in [3.63, 3.8) is 0 Å². The predicted octanol–water partition coefficient (Wildman–Crippen LogP) is 3.72. The van der Waals surface area contributed by atoms with Crippen LogP contribution < -0.4 is 9.47 Å². The van der Waals surface area contributed by atoms with Crippen LogP contribution >= 0.6 is 0 Å². The fourth-order valence-electron chi connectivity index (χ4n) is 3.55. The van der Waals surface area contributed by atoms with E-state index in [2.05, 4.69) is 16.0 Å². The van der Waals surface area contributed by atoms with Gasteiger partial charge in [0.1, 0.15) is 0 Å². The summed E-state index contributed by atoms with van der Waals surface area (Å²) in [7, 11) is 3.35. The quantitative estimate of drug-likeness (QED) is 0.693. The highest BCUT2D eigenvalue weighted by molar-refractivity contribution is 5.54. The van der Waals surface area contributed by atoms with E-state index < -0.39 is 0 Å². The molecular weight excluding hydrogens is 338 g/mol. The molecule has 0 saturated carbocycles. The van der Waals surface area contributed by atoms with Gasteiger partial charge in [0.25, 0.3) is 0 Å². The second-order valence-electron chi connectivity index (χ2n) is 6.64. The predicted molar refractivity (Wildman–Crippen MR) is 105 cm³/mol. The lowest BCUT2D eigenvalue weighted by molar-refractivity contribution is 0.238. The molecule has 2 heterocycles. The smallest absolute Gasteiger partial charge is 0.165 e. The van der Waals surface area contributed by atoms with Gasteiger partial charge in [-0.25, -0.2) is 9.97 Å². The summed E-state index contributed by atoms with van der Waals surface area (Å²) in [6, 6.07) is 16.1. The molecule has 0 unspecified atom stereocenters. The van der Waals surface area contributed by atoms with E-state index in [1.165, 1.54) is 5.56 Å². The third kappa shape index (κ3) is 3.64. The van der Waals surface area contributed by atoms with Crippen molar-refractivity contribution in [1.29, 1.82) is 0 Å². The number of aromatic nitrogens is 2. The standard InChI is InChI=1S/C22H23N3O2/c1-26-20-10-6-9-17(21(20)27-2)14-25-12-11-19-18(15-25)13-23-22(24-19)16-7-4-3-5-8-16/h3-10,13H,11-12,14-15H2,1-2H3. The van der Waals surface area contributed by atoms with Crippen LogP contribution in [0.1, 0.15) is 16.8 Å². The first-order valence-electron chi connectivity index (χ1n) is 9.11. The van der Waals surface area contributed by atoms with E-state index in [1.54, 1.807) is 14.2 Å². The normalized spacial score (nSPS) is 13.9. The van der Waals surface area contributed by atoms with Gasteiger partial charge in [0.2, 0.25) is 0 Å². The van der Waals surface area contributed by atoms with E-state index >= 15 is 0 Å². The summed E-state index contributed by atoms with van der Waals surface area (Å²) in [6.45, 7) is 2.60. The van der Waals surface area contributed by atoms with Crippen molar-refractivity contribution in [3.8, 4) is 22.9 Å². The average molecular weight is 361 g/mol. The van der Waals surface area contributed by atoms with Crippen molar-refractivity contribution >= 4 is 0 Å². The number of para-hydroxylation sites is 1. The molecular formula is C22H23N3O2. The lowest BCUT2D eigenvalue weighted by atomic mass is 10.1. The number of nitrogens with zero attached hydrogens (tertiary/aromatic N) is 3. The molecule has 1 aliphatic heterocycles. The summed E-state index contributed by atoms with van der Waals surface area (Å²) >= 11 is 0. The Kier molecular flexibility index (Phi) is 5.03. The Morgan fingerprint density at radius 3 is 2.63 bits per heavy atom. The monoisotopic (exact) mass is 361 g/mol. The Hall–Kier alpha value is -2.92. The van der Waals surface area contributed by atoms with Crippen molar-refractivity contribution < 1.29 is 9.47 Å². The molecule has 1 aliphatic rings. The van der Waals surface area contributed by atoms with Gasteiger partial charge >= 0.3 is 0 Å².